The van der Waals surface area contributed by atoms with Gasteiger partial charge in [-0.1, -0.05) is 13.8 Å². The molecule has 1 aliphatic carbocycles. The number of carbonyl (C=O) groups excluding carboxylic acids is 2. The zero-order valence-corrected chi connectivity index (χ0v) is 18.4. The Bertz CT molecular complexity index is 695. The standard InChI is InChI=1S/C23H35NO5/c1-6-17(5)29-20-10-9-18(15-19(20)21(25)27-7-2)24-22(26)23(28-8-3)13-11-16(4)12-14-23/h9-10,15-17H,6-8,11-14H2,1-5H3,(H,24,26). The first kappa shape index (κ1) is 23.2. The Morgan fingerprint density at radius 1 is 1.17 bits per heavy atom. The number of benzene rings is 1. The zero-order valence-electron chi connectivity index (χ0n) is 18.4. The van der Waals surface area contributed by atoms with Crippen molar-refractivity contribution in [3.8, 4) is 5.75 Å². The summed E-state index contributed by atoms with van der Waals surface area (Å²) in [6, 6.07) is 5.09. The van der Waals surface area contributed by atoms with Gasteiger partial charge in [0.2, 0.25) is 0 Å². The molecule has 29 heavy (non-hydrogen) atoms. The van der Waals surface area contributed by atoms with E-state index >= 15 is 0 Å². The molecular weight excluding hydrogens is 370 g/mol. The van der Waals surface area contributed by atoms with Gasteiger partial charge in [-0.3, -0.25) is 4.79 Å². The minimum Gasteiger partial charge on any atom is -0.490 e. The zero-order chi connectivity index (χ0) is 21.4. The Labute approximate surface area is 174 Å². The smallest absolute Gasteiger partial charge is 0.341 e. The molecule has 1 aromatic rings. The fourth-order valence-electron chi connectivity index (χ4n) is 3.57. The van der Waals surface area contributed by atoms with Crippen molar-refractivity contribution in [3.05, 3.63) is 23.8 Å². The summed E-state index contributed by atoms with van der Waals surface area (Å²) >= 11 is 0. The maximum Gasteiger partial charge on any atom is 0.341 e. The van der Waals surface area contributed by atoms with Gasteiger partial charge in [0.05, 0.1) is 12.7 Å². The molecule has 162 valence electrons. The van der Waals surface area contributed by atoms with Gasteiger partial charge < -0.3 is 19.5 Å². The number of esters is 1. The molecule has 2 rings (SSSR count). The van der Waals surface area contributed by atoms with E-state index in [1.807, 2.05) is 20.8 Å². The van der Waals surface area contributed by atoms with Crippen molar-refractivity contribution in [1.29, 1.82) is 0 Å². The predicted octanol–water partition coefficient (Wildman–Crippen LogP) is 4.96. The molecule has 0 aliphatic heterocycles. The predicted molar refractivity (Wildman–Crippen MR) is 113 cm³/mol. The number of ether oxygens (including phenoxy) is 3. The summed E-state index contributed by atoms with van der Waals surface area (Å²) in [4.78, 5) is 25.6. The van der Waals surface area contributed by atoms with Gasteiger partial charge in [0.25, 0.3) is 5.91 Å². The topological polar surface area (TPSA) is 73.9 Å². The third-order valence-electron chi connectivity index (χ3n) is 5.55. The lowest BCUT2D eigenvalue weighted by atomic mass is 9.78. The summed E-state index contributed by atoms with van der Waals surface area (Å²) in [6.07, 6.45) is 4.11. The highest BCUT2D eigenvalue weighted by Crippen LogP contribution is 2.36. The van der Waals surface area contributed by atoms with Crippen molar-refractivity contribution >= 4 is 17.6 Å². The Morgan fingerprint density at radius 3 is 2.45 bits per heavy atom. The van der Waals surface area contributed by atoms with Gasteiger partial charge in [0.15, 0.2) is 0 Å². The Morgan fingerprint density at radius 2 is 1.86 bits per heavy atom. The summed E-state index contributed by atoms with van der Waals surface area (Å²) in [5.41, 5.74) is 0.0389. The van der Waals surface area contributed by atoms with E-state index in [1.165, 1.54) is 0 Å². The van der Waals surface area contributed by atoms with E-state index in [0.717, 1.165) is 19.3 Å². The van der Waals surface area contributed by atoms with Gasteiger partial charge in [-0.05, 0) is 77.0 Å². The summed E-state index contributed by atoms with van der Waals surface area (Å²) in [7, 11) is 0. The Hall–Kier alpha value is -2.08. The van der Waals surface area contributed by atoms with Gasteiger partial charge in [0.1, 0.15) is 16.9 Å². The molecule has 1 saturated carbocycles. The monoisotopic (exact) mass is 405 g/mol. The van der Waals surface area contributed by atoms with Gasteiger partial charge in [0, 0.05) is 12.3 Å². The third kappa shape index (κ3) is 5.95. The molecule has 6 nitrogen and oxygen atoms in total. The maximum atomic E-state index is 13.1. The van der Waals surface area contributed by atoms with E-state index in [2.05, 4.69) is 12.2 Å². The van der Waals surface area contributed by atoms with Crippen LogP contribution in [0.25, 0.3) is 0 Å². The first-order chi connectivity index (χ1) is 13.8. The summed E-state index contributed by atoms with van der Waals surface area (Å²) in [5, 5.41) is 2.96. The summed E-state index contributed by atoms with van der Waals surface area (Å²) in [5.74, 6) is 0.440. The lowest BCUT2D eigenvalue weighted by molar-refractivity contribution is -0.146. The van der Waals surface area contributed by atoms with Gasteiger partial charge >= 0.3 is 5.97 Å². The number of hydrogen-bond acceptors (Lipinski definition) is 5. The number of rotatable bonds is 9. The average Bonchev–Trinajstić information content (AvgIpc) is 2.71. The van der Waals surface area contributed by atoms with Gasteiger partial charge in [-0.25, -0.2) is 4.79 Å². The molecule has 0 bridgehead atoms. The third-order valence-corrected chi connectivity index (χ3v) is 5.55. The van der Waals surface area contributed by atoms with E-state index < -0.39 is 11.6 Å². The van der Waals surface area contributed by atoms with Crippen molar-refractivity contribution in [2.45, 2.75) is 78.4 Å². The minimum atomic E-state index is -0.808. The van der Waals surface area contributed by atoms with E-state index in [0.29, 0.717) is 42.4 Å². The van der Waals surface area contributed by atoms with Crippen LogP contribution < -0.4 is 10.1 Å². The highest BCUT2D eigenvalue weighted by molar-refractivity contribution is 5.99. The quantitative estimate of drug-likeness (QED) is 0.588. The number of nitrogens with one attached hydrogen (secondary N) is 1. The molecule has 1 aliphatic rings. The first-order valence-corrected chi connectivity index (χ1v) is 10.8. The van der Waals surface area contributed by atoms with Crippen molar-refractivity contribution in [2.75, 3.05) is 18.5 Å². The SMILES string of the molecule is CCOC(=O)c1cc(NC(=O)C2(OCC)CCC(C)CC2)ccc1OC(C)CC. The second-order valence-electron chi connectivity index (χ2n) is 7.83. The van der Waals surface area contributed by atoms with E-state index in [9.17, 15) is 9.59 Å². The molecule has 0 aromatic heterocycles. The fraction of sp³-hybridized carbons (Fsp3) is 0.652. The number of amides is 1. The van der Waals surface area contributed by atoms with Crippen LogP contribution in [0.1, 0.15) is 77.1 Å². The van der Waals surface area contributed by atoms with Crippen LogP contribution in [0.2, 0.25) is 0 Å². The second-order valence-corrected chi connectivity index (χ2v) is 7.83. The van der Waals surface area contributed by atoms with E-state index in [1.54, 1.807) is 25.1 Å². The molecule has 1 fully saturated rings. The molecule has 0 saturated heterocycles. The van der Waals surface area contributed by atoms with Crippen LogP contribution in [-0.4, -0.2) is 36.8 Å². The number of carbonyl (C=O) groups is 2. The first-order valence-electron chi connectivity index (χ1n) is 10.8. The number of hydrogen-bond donors (Lipinski definition) is 1. The molecule has 1 N–H and O–H groups in total. The molecule has 0 heterocycles. The second kappa shape index (κ2) is 10.6. The summed E-state index contributed by atoms with van der Waals surface area (Å²) in [6.45, 7) is 10.6. The minimum absolute atomic E-state index is 0.0333. The van der Waals surface area contributed by atoms with Crippen molar-refractivity contribution in [1.82, 2.24) is 0 Å². The number of anilines is 1. The van der Waals surface area contributed by atoms with Crippen LogP contribution >= 0.6 is 0 Å². The van der Waals surface area contributed by atoms with Gasteiger partial charge in [-0.15, -0.1) is 0 Å². The molecule has 1 atom stereocenters. The van der Waals surface area contributed by atoms with Crippen LogP contribution in [0.5, 0.6) is 5.75 Å². The molecule has 1 amide bonds. The molecule has 6 heteroatoms. The normalized spacial score (nSPS) is 22.6. The molecule has 1 aromatic carbocycles. The van der Waals surface area contributed by atoms with Crippen molar-refractivity contribution < 1.29 is 23.8 Å². The summed E-state index contributed by atoms with van der Waals surface area (Å²) < 4.78 is 17.0. The van der Waals surface area contributed by atoms with Crippen LogP contribution in [0.3, 0.4) is 0 Å². The largest absolute Gasteiger partial charge is 0.490 e. The van der Waals surface area contributed by atoms with Crippen LogP contribution in [0, 0.1) is 5.92 Å². The highest BCUT2D eigenvalue weighted by atomic mass is 16.5. The lowest BCUT2D eigenvalue weighted by Crippen LogP contribution is -2.48. The fourth-order valence-corrected chi connectivity index (χ4v) is 3.57. The highest BCUT2D eigenvalue weighted by Gasteiger charge is 2.42. The maximum absolute atomic E-state index is 13.1. The molecule has 0 radical (unpaired) electrons. The Kier molecular flexibility index (Phi) is 8.50. The lowest BCUT2D eigenvalue weighted by Gasteiger charge is -2.37. The van der Waals surface area contributed by atoms with Crippen molar-refractivity contribution in [2.24, 2.45) is 5.92 Å². The van der Waals surface area contributed by atoms with Crippen LogP contribution in [-0.2, 0) is 14.3 Å². The Balaban J connectivity index is 2.25. The van der Waals surface area contributed by atoms with Crippen LogP contribution in [0.15, 0.2) is 18.2 Å². The average molecular weight is 406 g/mol. The molecule has 0 spiro atoms. The van der Waals surface area contributed by atoms with E-state index in [-0.39, 0.29) is 18.6 Å². The van der Waals surface area contributed by atoms with Crippen LogP contribution in [0.4, 0.5) is 5.69 Å². The molecular formula is C23H35NO5. The van der Waals surface area contributed by atoms with Crippen molar-refractivity contribution in [3.63, 3.8) is 0 Å². The van der Waals surface area contributed by atoms with E-state index in [4.69, 9.17) is 14.2 Å². The van der Waals surface area contributed by atoms with Gasteiger partial charge in [-0.2, -0.15) is 0 Å². The molecule has 1 unspecified atom stereocenters.